The van der Waals surface area contributed by atoms with Crippen LogP contribution in [-0.4, -0.2) is 38.9 Å². The molecule has 1 amide bonds. The van der Waals surface area contributed by atoms with Crippen LogP contribution in [0.15, 0.2) is 53.4 Å². The van der Waals surface area contributed by atoms with E-state index in [4.69, 9.17) is 0 Å². The van der Waals surface area contributed by atoms with Gasteiger partial charge in [0.15, 0.2) is 0 Å². The molecule has 0 aromatic heterocycles. The van der Waals surface area contributed by atoms with Crippen LogP contribution < -0.4 is 4.31 Å². The molecule has 2 aromatic rings. The Kier molecular flexibility index (Phi) is 7.42. The largest absolute Gasteiger partial charge is 0.341 e. The molecule has 1 aliphatic carbocycles. The molecule has 0 atom stereocenters. The van der Waals surface area contributed by atoms with Crippen LogP contribution in [0.25, 0.3) is 0 Å². The first-order valence-corrected chi connectivity index (χ1v) is 12.6. The summed E-state index contributed by atoms with van der Waals surface area (Å²) in [6.45, 7) is 5.91. The van der Waals surface area contributed by atoms with Gasteiger partial charge in [0.2, 0.25) is 5.91 Å². The molecule has 168 valence electrons. The topological polar surface area (TPSA) is 57.7 Å². The van der Waals surface area contributed by atoms with Gasteiger partial charge < -0.3 is 4.90 Å². The van der Waals surface area contributed by atoms with Crippen LogP contribution in [0.2, 0.25) is 0 Å². The average molecular weight is 443 g/mol. The fraction of sp³-hybridized carbons (Fsp3) is 0.480. The summed E-state index contributed by atoms with van der Waals surface area (Å²) in [5.74, 6) is 0.172. The Morgan fingerprint density at radius 1 is 0.968 bits per heavy atom. The van der Waals surface area contributed by atoms with E-state index in [9.17, 15) is 13.2 Å². The highest BCUT2D eigenvalue weighted by Crippen LogP contribution is 2.27. The number of aryl methyl sites for hydroxylation is 1. The molecule has 0 spiro atoms. The lowest BCUT2D eigenvalue weighted by Crippen LogP contribution is -2.45. The van der Waals surface area contributed by atoms with Crippen molar-refractivity contribution in [2.45, 2.75) is 69.7 Å². The number of rotatable bonds is 7. The summed E-state index contributed by atoms with van der Waals surface area (Å²) in [4.78, 5) is 15.1. The maximum atomic E-state index is 13.6. The monoisotopic (exact) mass is 442 g/mol. The SMILES string of the molecule is Cc1ccc(S(=O)(=O)N(CC(=O)N(C)C2CCCCC2)c2ccc(C(C)C)cc2)cc1. The molecule has 31 heavy (non-hydrogen) atoms. The highest BCUT2D eigenvalue weighted by atomic mass is 32.2. The van der Waals surface area contributed by atoms with Crippen LogP contribution in [0.3, 0.4) is 0 Å². The maximum absolute atomic E-state index is 13.6. The van der Waals surface area contributed by atoms with E-state index < -0.39 is 10.0 Å². The van der Waals surface area contributed by atoms with Gasteiger partial charge in [0.1, 0.15) is 6.54 Å². The van der Waals surface area contributed by atoms with Crippen LogP contribution >= 0.6 is 0 Å². The summed E-state index contributed by atoms with van der Waals surface area (Å²) < 4.78 is 28.4. The van der Waals surface area contributed by atoms with E-state index in [0.29, 0.717) is 11.6 Å². The number of nitrogens with zero attached hydrogens (tertiary/aromatic N) is 2. The molecule has 6 heteroatoms. The number of sulfonamides is 1. The normalized spacial score (nSPS) is 15.1. The molecule has 1 fully saturated rings. The Morgan fingerprint density at radius 2 is 1.55 bits per heavy atom. The highest BCUT2D eigenvalue weighted by molar-refractivity contribution is 7.92. The third-order valence-electron chi connectivity index (χ3n) is 6.25. The molecule has 0 radical (unpaired) electrons. The first-order chi connectivity index (χ1) is 14.7. The highest BCUT2D eigenvalue weighted by Gasteiger charge is 2.30. The van der Waals surface area contributed by atoms with Crippen LogP contribution in [0.1, 0.15) is 63.0 Å². The van der Waals surface area contributed by atoms with Crippen molar-refractivity contribution < 1.29 is 13.2 Å². The van der Waals surface area contributed by atoms with E-state index in [1.807, 2.05) is 19.1 Å². The van der Waals surface area contributed by atoms with E-state index >= 15 is 0 Å². The van der Waals surface area contributed by atoms with E-state index in [1.165, 1.54) is 10.7 Å². The van der Waals surface area contributed by atoms with Gasteiger partial charge in [-0.2, -0.15) is 0 Å². The molecule has 0 N–H and O–H groups in total. The quantitative estimate of drug-likeness (QED) is 0.599. The third kappa shape index (κ3) is 5.48. The van der Waals surface area contributed by atoms with Gasteiger partial charge >= 0.3 is 0 Å². The first-order valence-electron chi connectivity index (χ1n) is 11.1. The summed E-state index contributed by atoms with van der Waals surface area (Å²) in [6.07, 6.45) is 5.40. The maximum Gasteiger partial charge on any atom is 0.264 e. The summed E-state index contributed by atoms with van der Waals surface area (Å²) in [5, 5.41) is 0. The van der Waals surface area contributed by atoms with Gasteiger partial charge in [0, 0.05) is 13.1 Å². The number of carbonyl (C=O) groups excluding carboxylic acids is 1. The Hall–Kier alpha value is -2.34. The van der Waals surface area contributed by atoms with E-state index in [1.54, 1.807) is 48.3 Å². The van der Waals surface area contributed by atoms with E-state index in [-0.39, 0.29) is 23.4 Å². The fourth-order valence-electron chi connectivity index (χ4n) is 4.08. The Balaban J connectivity index is 1.93. The van der Waals surface area contributed by atoms with Crippen molar-refractivity contribution >= 4 is 21.6 Å². The van der Waals surface area contributed by atoms with Crippen molar-refractivity contribution in [1.29, 1.82) is 0 Å². The molecule has 2 aromatic carbocycles. The minimum absolute atomic E-state index is 0.171. The van der Waals surface area contributed by atoms with Crippen LogP contribution in [-0.2, 0) is 14.8 Å². The van der Waals surface area contributed by atoms with E-state index in [2.05, 4.69) is 13.8 Å². The Bertz CT molecular complexity index is 976. The number of carbonyl (C=O) groups is 1. The molecule has 0 bridgehead atoms. The van der Waals surface area contributed by atoms with Gasteiger partial charge in [-0.15, -0.1) is 0 Å². The summed E-state index contributed by atoms with van der Waals surface area (Å²) >= 11 is 0. The molecule has 3 rings (SSSR count). The number of hydrogen-bond donors (Lipinski definition) is 0. The number of likely N-dealkylation sites (N-methyl/N-ethyl adjacent to an activating group) is 1. The van der Waals surface area contributed by atoms with Crippen molar-refractivity contribution in [2.24, 2.45) is 0 Å². The predicted octanol–water partition coefficient (Wildman–Crippen LogP) is 5.10. The molecule has 1 aliphatic rings. The number of benzene rings is 2. The van der Waals surface area contributed by atoms with Gasteiger partial charge in [0.05, 0.1) is 10.6 Å². The Morgan fingerprint density at radius 3 is 2.10 bits per heavy atom. The van der Waals surface area contributed by atoms with Gasteiger partial charge in [-0.3, -0.25) is 9.10 Å². The van der Waals surface area contributed by atoms with Crippen molar-refractivity contribution in [1.82, 2.24) is 4.90 Å². The third-order valence-corrected chi connectivity index (χ3v) is 8.04. The van der Waals surface area contributed by atoms with Crippen LogP contribution in [0, 0.1) is 6.92 Å². The number of hydrogen-bond acceptors (Lipinski definition) is 3. The van der Waals surface area contributed by atoms with Crippen LogP contribution in [0.5, 0.6) is 0 Å². The second-order valence-corrected chi connectivity index (χ2v) is 10.7. The van der Waals surface area contributed by atoms with Crippen molar-refractivity contribution in [3.8, 4) is 0 Å². The summed E-state index contributed by atoms with van der Waals surface area (Å²) in [7, 11) is -2.08. The lowest BCUT2D eigenvalue weighted by atomic mass is 9.94. The molecule has 0 heterocycles. The molecule has 1 saturated carbocycles. The fourth-order valence-corrected chi connectivity index (χ4v) is 5.50. The standard InChI is InChI=1S/C25H34N2O3S/c1-19(2)21-12-14-23(15-13-21)27(31(29,30)24-16-10-20(3)11-17-24)18-25(28)26(4)22-8-6-5-7-9-22/h10-17,19,22H,5-9,18H2,1-4H3. The molecule has 0 unspecified atom stereocenters. The molecule has 5 nitrogen and oxygen atoms in total. The lowest BCUT2D eigenvalue weighted by molar-refractivity contribution is -0.130. The lowest BCUT2D eigenvalue weighted by Gasteiger charge is -2.33. The minimum atomic E-state index is -3.88. The molecule has 0 aliphatic heterocycles. The van der Waals surface area contributed by atoms with Crippen molar-refractivity contribution in [3.63, 3.8) is 0 Å². The molecule has 0 saturated heterocycles. The molecular weight excluding hydrogens is 408 g/mol. The zero-order chi connectivity index (χ0) is 22.6. The number of anilines is 1. The second kappa shape index (κ2) is 9.86. The zero-order valence-corrected chi connectivity index (χ0v) is 19.9. The molecular formula is C25H34N2O3S. The average Bonchev–Trinajstić information content (AvgIpc) is 2.77. The number of amides is 1. The van der Waals surface area contributed by atoms with Gasteiger partial charge in [-0.1, -0.05) is 62.9 Å². The van der Waals surface area contributed by atoms with Gasteiger partial charge in [-0.25, -0.2) is 8.42 Å². The summed E-state index contributed by atoms with van der Waals surface area (Å²) in [5.41, 5.74) is 2.62. The Labute approximate surface area is 187 Å². The van der Waals surface area contributed by atoms with Crippen molar-refractivity contribution in [3.05, 3.63) is 59.7 Å². The minimum Gasteiger partial charge on any atom is -0.341 e. The van der Waals surface area contributed by atoms with Gasteiger partial charge in [0.25, 0.3) is 10.0 Å². The van der Waals surface area contributed by atoms with Crippen LogP contribution in [0.4, 0.5) is 5.69 Å². The first kappa shape index (κ1) is 23.3. The second-order valence-electron chi connectivity index (χ2n) is 8.87. The van der Waals surface area contributed by atoms with Gasteiger partial charge in [-0.05, 0) is 55.5 Å². The van der Waals surface area contributed by atoms with E-state index in [0.717, 1.165) is 36.8 Å². The predicted molar refractivity (Wildman–Crippen MR) is 126 cm³/mol. The van der Waals surface area contributed by atoms with Crippen molar-refractivity contribution in [2.75, 3.05) is 17.9 Å². The smallest absolute Gasteiger partial charge is 0.264 e. The zero-order valence-electron chi connectivity index (χ0n) is 19.0. The summed E-state index contributed by atoms with van der Waals surface area (Å²) in [6, 6.07) is 14.4.